The van der Waals surface area contributed by atoms with Crippen molar-refractivity contribution in [3.05, 3.63) is 38.8 Å². The molecule has 2 aromatic rings. The van der Waals surface area contributed by atoms with Crippen LogP contribution in [0.3, 0.4) is 0 Å². The highest BCUT2D eigenvalue weighted by Crippen LogP contribution is 2.37. The van der Waals surface area contributed by atoms with Gasteiger partial charge in [0.1, 0.15) is 5.60 Å². The van der Waals surface area contributed by atoms with Gasteiger partial charge in [0, 0.05) is 10.9 Å². The molecule has 0 fully saturated rings. The molecule has 0 aliphatic carbocycles. The number of nitrogens with zero attached hydrogens (tertiary/aromatic N) is 2. The lowest BCUT2D eigenvalue weighted by molar-refractivity contribution is 0.0930. The third-order valence-electron chi connectivity index (χ3n) is 2.70. The van der Waals surface area contributed by atoms with Gasteiger partial charge >= 0.3 is 0 Å². The summed E-state index contributed by atoms with van der Waals surface area (Å²) in [5, 5.41) is 17.0. The van der Waals surface area contributed by atoms with E-state index in [9.17, 15) is 5.11 Å². The Balaban J connectivity index is 2.56. The minimum atomic E-state index is -1.02. The summed E-state index contributed by atoms with van der Waals surface area (Å²) in [5.41, 5.74) is -0.219. The average Bonchev–Trinajstić information content (AvgIpc) is 2.84. The van der Waals surface area contributed by atoms with Gasteiger partial charge in [0.25, 0.3) is 0 Å². The van der Waals surface area contributed by atoms with E-state index in [2.05, 4.69) is 21.0 Å². The van der Waals surface area contributed by atoms with Crippen molar-refractivity contribution in [2.24, 2.45) is 0 Å². The molecule has 0 bridgehead atoms. The summed E-state index contributed by atoms with van der Waals surface area (Å²) in [4.78, 5) is 0.917. The Morgan fingerprint density at radius 3 is 2.76 bits per heavy atom. The van der Waals surface area contributed by atoms with Crippen LogP contribution in [-0.2, 0) is 5.60 Å². The second-order valence-electron chi connectivity index (χ2n) is 4.43. The lowest BCUT2D eigenvalue weighted by Gasteiger charge is -2.25. The molecule has 1 atom stereocenters. The first-order valence-electron chi connectivity index (χ1n) is 5.44. The van der Waals surface area contributed by atoms with Gasteiger partial charge in [-0.15, -0.1) is 11.3 Å². The maximum atomic E-state index is 10.8. The van der Waals surface area contributed by atoms with Gasteiger partial charge < -0.3 is 5.11 Å². The molecule has 2 aromatic heterocycles. The van der Waals surface area contributed by atoms with Crippen molar-refractivity contribution in [2.75, 3.05) is 0 Å². The molecule has 5 heteroatoms. The van der Waals surface area contributed by atoms with E-state index in [0.717, 1.165) is 15.0 Å². The lowest BCUT2D eigenvalue weighted by atomic mass is 10.00. The summed E-state index contributed by atoms with van der Waals surface area (Å²) < 4.78 is 2.69. The van der Waals surface area contributed by atoms with Gasteiger partial charge in [-0.05, 0) is 48.1 Å². The van der Waals surface area contributed by atoms with Crippen molar-refractivity contribution in [3.63, 3.8) is 0 Å². The fourth-order valence-electron chi connectivity index (χ4n) is 1.86. The highest BCUT2D eigenvalue weighted by atomic mass is 79.9. The Morgan fingerprint density at radius 1 is 1.53 bits per heavy atom. The summed E-state index contributed by atoms with van der Waals surface area (Å²) in [6, 6.07) is 4.09. The molecule has 17 heavy (non-hydrogen) atoms. The first-order chi connectivity index (χ1) is 7.94. The molecular formula is C12H15BrN2OS. The summed E-state index contributed by atoms with van der Waals surface area (Å²) >= 11 is 5.01. The molecule has 1 N–H and O–H groups in total. The third-order valence-corrected chi connectivity index (χ3v) is 4.36. The van der Waals surface area contributed by atoms with Gasteiger partial charge in [0.15, 0.2) is 0 Å². The number of hydrogen-bond acceptors (Lipinski definition) is 3. The number of aromatic nitrogens is 2. The fraction of sp³-hybridized carbons (Fsp3) is 0.417. The monoisotopic (exact) mass is 314 g/mol. The molecular weight excluding hydrogens is 300 g/mol. The van der Waals surface area contributed by atoms with E-state index in [-0.39, 0.29) is 6.04 Å². The standard InChI is InChI=1S/C12H15BrN2OS/c1-8(2)15-11(9(13)7-14-15)12(3,16)10-5-4-6-17-10/h4-8,16H,1-3H3. The predicted molar refractivity (Wildman–Crippen MR) is 73.3 cm³/mol. The van der Waals surface area contributed by atoms with Gasteiger partial charge in [0.2, 0.25) is 0 Å². The van der Waals surface area contributed by atoms with E-state index in [1.165, 1.54) is 0 Å². The van der Waals surface area contributed by atoms with Crippen LogP contribution in [0.5, 0.6) is 0 Å². The van der Waals surface area contributed by atoms with Crippen LogP contribution in [0.15, 0.2) is 28.2 Å². The Morgan fingerprint density at radius 2 is 2.24 bits per heavy atom. The zero-order valence-corrected chi connectivity index (χ0v) is 12.4. The van der Waals surface area contributed by atoms with Gasteiger partial charge in [-0.1, -0.05) is 6.07 Å². The Labute approximate surface area is 113 Å². The number of hydrogen-bond donors (Lipinski definition) is 1. The van der Waals surface area contributed by atoms with Crippen molar-refractivity contribution in [2.45, 2.75) is 32.4 Å². The Kier molecular flexibility index (Phi) is 3.43. The molecule has 0 spiro atoms. The fourth-order valence-corrected chi connectivity index (χ4v) is 3.31. The summed E-state index contributed by atoms with van der Waals surface area (Å²) in [6.07, 6.45) is 1.73. The molecule has 0 aromatic carbocycles. The van der Waals surface area contributed by atoms with Gasteiger partial charge in [0.05, 0.1) is 16.4 Å². The molecule has 0 saturated carbocycles. The number of rotatable bonds is 3. The maximum absolute atomic E-state index is 10.8. The van der Waals surface area contributed by atoms with Crippen molar-refractivity contribution in [3.8, 4) is 0 Å². The lowest BCUT2D eigenvalue weighted by Crippen LogP contribution is -2.27. The highest BCUT2D eigenvalue weighted by Gasteiger charge is 2.33. The summed E-state index contributed by atoms with van der Waals surface area (Å²) in [6.45, 7) is 5.90. The van der Waals surface area contributed by atoms with Crippen LogP contribution >= 0.6 is 27.3 Å². The van der Waals surface area contributed by atoms with Crippen molar-refractivity contribution < 1.29 is 5.11 Å². The van der Waals surface area contributed by atoms with Gasteiger partial charge in [-0.3, -0.25) is 4.68 Å². The Hall–Kier alpha value is -0.650. The molecule has 2 rings (SSSR count). The third kappa shape index (κ3) is 2.19. The molecule has 0 radical (unpaired) electrons. The minimum absolute atomic E-state index is 0.211. The summed E-state index contributed by atoms with van der Waals surface area (Å²) in [7, 11) is 0. The van der Waals surface area contributed by atoms with Crippen molar-refractivity contribution >= 4 is 27.3 Å². The van der Waals surface area contributed by atoms with Gasteiger partial charge in [-0.2, -0.15) is 5.10 Å². The molecule has 1 unspecified atom stereocenters. The number of halogens is 1. The molecule has 2 heterocycles. The summed E-state index contributed by atoms with van der Waals surface area (Å²) in [5.74, 6) is 0. The van der Waals surface area contributed by atoms with Crippen LogP contribution < -0.4 is 0 Å². The first kappa shape index (κ1) is 12.8. The van der Waals surface area contributed by atoms with Crippen molar-refractivity contribution in [1.29, 1.82) is 0 Å². The normalized spacial score (nSPS) is 15.2. The number of thiophene rings is 1. The first-order valence-corrected chi connectivity index (χ1v) is 7.11. The molecule has 0 aliphatic heterocycles. The van der Waals surface area contributed by atoms with Gasteiger partial charge in [-0.25, -0.2) is 0 Å². The van der Waals surface area contributed by atoms with E-state index in [1.807, 2.05) is 36.0 Å². The van der Waals surface area contributed by atoms with Crippen molar-refractivity contribution in [1.82, 2.24) is 9.78 Å². The zero-order valence-electron chi connectivity index (χ0n) is 10.0. The van der Waals surface area contributed by atoms with Crippen LogP contribution in [0.1, 0.15) is 37.4 Å². The quantitative estimate of drug-likeness (QED) is 0.941. The van der Waals surface area contributed by atoms with Crippen LogP contribution in [0.4, 0.5) is 0 Å². The van der Waals surface area contributed by atoms with Crippen LogP contribution in [0.25, 0.3) is 0 Å². The largest absolute Gasteiger partial charge is 0.378 e. The van der Waals surface area contributed by atoms with E-state index in [1.54, 1.807) is 24.5 Å². The van der Waals surface area contributed by atoms with E-state index in [0.29, 0.717) is 0 Å². The Bertz CT molecular complexity index is 503. The molecule has 0 saturated heterocycles. The van der Waals surface area contributed by atoms with Crippen LogP contribution in [0.2, 0.25) is 0 Å². The van der Waals surface area contributed by atoms with Crippen LogP contribution in [0, 0.1) is 0 Å². The SMILES string of the molecule is CC(C)n1ncc(Br)c1C(C)(O)c1cccs1. The van der Waals surface area contributed by atoms with E-state index < -0.39 is 5.60 Å². The zero-order chi connectivity index (χ0) is 12.6. The molecule has 0 aliphatic rings. The molecule has 3 nitrogen and oxygen atoms in total. The van der Waals surface area contributed by atoms with E-state index >= 15 is 0 Å². The maximum Gasteiger partial charge on any atom is 0.139 e. The second kappa shape index (κ2) is 4.55. The second-order valence-corrected chi connectivity index (χ2v) is 6.23. The average molecular weight is 315 g/mol. The number of aliphatic hydroxyl groups is 1. The minimum Gasteiger partial charge on any atom is -0.378 e. The molecule has 92 valence electrons. The topological polar surface area (TPSA) is 38.0 Å². The highest BCUT2D eigenvalue weighted by molar-refractivity contribution is 9.10. The smallest absolute Gasteiger partial charge is 0.139 e. The molecule has 0 amide bonds. The predicted octanol–water partition coefficient (Wildman–Crippen LogP) is 3.54. The van der Waals surface area contributed by atoms with Crippen LogP contribution in [-0.4, -0.2) is 14.9 Å². The van der Waals surface area contributed by atoms with E-state index in [4.69, 9.17) is 0 Å².